The number of carboxylic acids is 1. The SMILES string of the molecule is O=C(NC1CCC(C(=O)O)CC1)NC1COc2ccc(F)cc2C1. The number of aliphatic carboxylic acids is 1. The highest BCUT2D eigenvalue weighted by atomic mass is 19.1. The van der Waals surface area contributed by atoms with E-state index in [4.69, 9.17) is 9.84 Å². The summed E-state index contributed by atoms with van der Waals surface area (Å²) in [4.78, 5) is 23.0. The van der Waals surface area contributed by atoms with E-state index in [1.807, 2.05) is 0 Å². The lowest BCUT2D eigenvalue weighted by atomic mass is 9.86. The quantitative estimate of drug-likeness (QED) is 0.788. The molecule has 24 heavy (non-hydrogen) atoms. The van der Waals surface area contributed by atoms with Crippen LogP contribution in [0, 0.1) is 11.7 Å². The fourth-order valence-corrected chi connectivity index (χ4v) is 3.35. The van der Waals surface area contributed by atoms with Crippen LogP contribution in [0.3, 0.4) is 0 Å². The Bertz CT molecular complexity index is 629. The standard InChI is InChI=1S/C17H21FN2O4/c18-12-3-6-15-11(7-12)8-14(9-24-15)20-17(23)19-13-4-1-10(2-5-13)16(21)22/h3,6-7,10,13-14H,1-2,4-5,8-9H2,(H,21,22)(H2,19,20,23). The van der Waals surface area contributed by atoms with Gasteiger partial charge in [0.2, 0.25) is 0 Å². The van der Waals surface area contributed by atoms with E-state index in [1.165, 1.54) is 12.1 Å². The Kier molecular flexibility index (Phi) is 4.87. The van der Waals surface area contributed by atoms with E-state index in [0.717, 1.165) is 5.56 Å². The van der Waals surface area contributed by atoms with Gasteiger partial charge in [0.25, 0.3) is 0 Å². The zero-order chi connectivity index (χ0) is 17.1. The average molecular weight is 336 g/mol. The lowest BCUT2D eigenvalue weighted by Gasteiger charge is -2.29. The van der Waals surface area contributed by atoms with Gasteiger partial charge in [-0.15, -0.1) is 0 Å². The number of hydrogen-bond donors (Lipinski definition) is 3. The van der Waals surface area contributed by atoms with Crippen molar-refractivity contribution in [2.24, 2.45) is 5.92 Å². The van der Waals surface area contributed by atoms with Crippen LogP contribution in [0.5, 0.6) is 5.75 Å². The molecule has 2 aliphatic rings. The predicted molar refractivity (Wildman–Crippen MR) is 84.4 cm³/mol. The van der Waals surface area contributed by atoms with Crippen molar-refractivity contribution in [3.63, 3.8) is 0 Å². The van der Waals surface area contributed by atoms with E-state index in [1.54, 1.807) is 6.07 Å². The summed E-state index contributed by atoms with van der Waals surface area (Å²) in [6.45, 7) is 0.345. The molecule has 1 aromatic carbocycles. The summed E-state index contributed by atoms with van der Waals surface area (Å²) >= 11 is 0. The third kappa shape index (κ3) is 3.96. The molecule has 1 fully saturated rings. The highest BCUT2D eigenvalue weighted by Crippen LogP contribution is 2.26. The van der Waals surface area contributed by atoms with Crippen LogP contribution < -0.4 is 15.4 Å². The van der Waals surface area contributed by atoms with E-state index in [-0.39, 0.29) is 29.8 Å². The molecule has 1 aliphatic carbocycles. The van der Waals surface area contributed by atoms with Crippen LogP contribution in [0.1, 0.15) is 31.2 Å². The summed E-state index contributed by atoms with van der Waals surface area (Å²) in [5.74, 6) is -0.730. The zero-order valence-electron chi connectivity index (χ0n) is 13.3. The second kappa shape index (κ2) is 7.07. The molecule has 3 rings (SSSR count). The maximum Gasteiger partial charge on any atom is 0.315 e. The minimum Gasteiger partial charge on any atom is -0.491 e. The van der Waals surface area contributed by atoms with Crippen LogP contribution in [0.25, 0.3) is 0 Å². The monoisotopic (exact) mass is 336 g/mol. The first-order valence-corrected chi connectivity index (χ1v) is 8.22. The van der Waals surface area contributed by atoms with Crippen molar-refractivity contribution in [1.82, 2.24) is 10.6 Å². The minimum atomic E-state index is -0.761. The molecule has 0 spiro atoms. The molecule has 2 amide bonds. The van der Waals surface area contributed by atoms with E-state index < -0.39 is 5.97 Å². The summed E-state index contributed by atoms with van der Waals surface area (Å²) in [6.07, 6.45) is 3.02. The van der Waals surface area contributed by atoms with Gasteiger partial charge in [0.15, 0.2) is 0 Å². The Morgan fingerprint density at radius 3 is 2.54 bits per heavy atom. The fraction of sp³-hybridized carbons (Fsp3) is 0.529. The number of nitrogens with one attached hydrogen (secondary N) is 2. The Hall–Kier alpha value is -2.31. The molecule has 0 aromatic heterocycles. The van der Waals surface area contributed by atoms with E-state index >= 15 is 0 Å². The van der Waals surface area contributed by atoms with Crippen molar-refractivity contribution >= 4 is 12.0 Å². The van der Waals surface area contributed by atoms with Gasteiger partial charge in [-0.05, 0) is 55.9 Å². The number of rotatable bonds is 3. The lowest BCUT2D eigenvalue weighted by molar-refractivity contribution is -0.142. The van der Waals surface area contributed by atoms with Crippen LogP contribution in [-0.4, -0.2) is 35.8 Å². The molecule has 0 saturated heterocycles. The van der Waals surface area contributed by atoms with Gasteiger partial charge in [-0.1, -0.05) is 0 Å². The van der Waals surface area contributed by atoms with Crippen molar-refractivity contribution in [1.29, 1.82) is 0 Å². The Balaban J connectivity index is 1.47. The second-order valence-electron chi connectivity index (χ2n) is 6.47. The van der Waals surface area contributed by atoms with Crippen molar-refractivity contribution < 1.29 is 23.8 Å². The van der Waals surface area contributed by atoms with Gasteiger partial charge in [0.1, 0.15) is 18.2 Å². The molecule has 7 heteroatoms. The smallest absolute Gasteiger partial charge is 0.315 e. The molecule has 1 aromatic rings. The van der Waals surface area contributed by atoms with Gasteiger partial charge in [0, 0.05) is 6.04 Å². The Morgan fingerprint density at radius 1 is 1.12 bits per heavy atom. The van der Waals surface area contributed by atoms with Crippen LogP contribution >= 0.6 is 0 Å². The van der Waals surface area contributed by atoms with Crippen LogP contribution in [0.15, 0.2) is 18.2 Å². The number of amides is 2. The molecular weight excluding hydrogens is 315 g/mol. The van der Waals surface area contributed by atoms with Gasteiger partial charge < -0.3 is 20.5 Å². The van der Waals surface area contributed by atoms with Crippen LogP contribution in [0.2, 0.25) is 0 Å². The summed E-state index contributed by atoms with van der Waals surface area (Å²) in [5.41, 5.74) is 0.744. The predicted octanol–water partition coefficient (Wildman–Crippen LogP) is 2.07. The highest BCUT2D eigenvalue weighted by molar-refractivity contribution is 5.75. The number of carbonyl (C=O) groups is 2. The molecule has 1 atom stereocenters. The number of ether oxygens (including phenoxy) is 1. The molecule has 0 radical (unpaired) electrons. The molecule has 1 unspecified atom stereocenters. The number of benzene rings is 1. The molecule has 1 aliphatic heterocycles. The fourth-order valence-electron chi connectivity index (χ4n) is 3.35. The van der Waals surface area contributed by atoms with Gasteiger partial charge in [0.05, 0.1) is 12.0 Å². The van der Waals surface area contributed by atoms with Crippen molar-refractivity contribution in [3.8, 4) is 5.75 Å². The Morgan fingerprint density at radius 2 is 1.83 bits per heavy atom. The number of halogens is 1. The largest absolute Gasteiger partial charge is 0.491 e. The third-order valence-corrected chi connectivity index (χ3v) is 4.68. The maximum atomic E-state index is 13.3. The van der Waals surface area contributed by atoms with Crippen molar-refractivity contribution in [2.45, 2.75) is 44.2 Å². The van der Waals surface area contributed by atoms with Gasteiger partial charge >= 0.3 is 12.0 Å². The number of carboxylic acid groups (broad SMARTS) is 1. The highest BCUT2D eigenvalue weighted by Gasteiger charge is 2.28. The lowest BCUT2D eigenvalue weighted by Crippen LogP contribution is -2.50. The second-order valence-corrected chi connectivity index (χ2v) is 6.47. The maximum absolute atomic E-state index is 13.3. The van der Waals surface area contributed by atoms with Crippen molar-refractivity contribution in [2.75, 3.05) is 6.61 Å². The molecule has 6 nitrogen and oxygen atoms in total. The summed E-state index contributed by atoms with van der Waals surface area (Å²) < 4.78 is 18.8. The minimum absolute atomic E-state index is 0.00478. The zero-order valence-corrected chi connectivity index (χ0v) is 13.3. The van der Waals surface area contributed by atoms with Gasteiger partial charge in [-0.3, -0.25) is 4.79 Å². The van der Waals surface area contributed by atoms with Crippen molar-refractivity contribution in [3.05, 3.63) is 29.6 Å². The molecule has 0 bridgehead atoms. The van der Waals surface area contributed by atoms with Crippen LogP contribution in [0.4, 0.5) is 9.18 Å². The molecule has 1 saturated carbocycles. The third-order valence-electron chi connectivity index (χ3n) is 4.68. The first-order valence-electron chi connectivity index (χ1n) is 8.22. The number of hydrogen-bond acceptors (Lipinski definition) is 3. The molecule has 130 valence electrons. The Labute approximate surface area is 139 Å². The normalized spacial score (nSPS) is 26.0. The number of urea groups is 1. The average Bonchev–Trinajstić information content (AvgIpc) is 2.54. The summed E-state index contributed by atoms with van der Waals surface area (Å²) in [7, 11) is 0. The topological polar surface area (TPSA) is 87.7 Å². The van der Waals surface area contributed by atoms with Crippen LogP contribution in [-0.2, 0) is 11.2 Å². The molecule has 3 N–H and O–H groups in total. The molecule has 1 heterocycles. The summed E-state index contributed by atoms with van der Waals surface area (Å²) in [6, 6.07) is 3.87. The van der Waals surface area contributed by atoms with E-state index in [9.17, 15) is 14.0 Å². The van der Waals surface area contributed by atoms with Gasteiger partial charge in [-0.25, -0.2) is 9.18 Å². The number of carbonyl (C=O) groups excluding carboxylic acids is 1. The summed E-state index contributed by atoms with van der Waals surface area (Å²) in [5, 5.41) is 14.7. The first kappa shape index (κ1) is 16.5. The first-order chi connectivity index (χ1) is 11.5. The van der Waals surface area contributed by atoms with Gasteiger partial charge in [-0.2, -0.15) is 0 Å². The van der Waals surface area contributed by atoms with E-state index in [2.05, 4.69) is 10.6 Å². The molecular formula is C17H21FN2O4. The number of fused-ring (bicyclic) bond motifs is 1. The van der Waals surface area contributed by atoms with E-state index in [0.29, 0.717) is 44.5 Å².